The van der Waals surface area contributed by atoms with Crippen molar-refractivity contribution in [2.24, 2.45) is 5.14 Å². The van der Waals surface area contributed by atoms with Crippen molar-refractivity contribution in [1.82, 2.24) is 15.0 Å². The molecule has 1 aliphatic heterocycles. The van der Waals surface area contributed by atoms with Gasteiger partial charge in [0.2, 0.25) is 10.0 Å². The Kier molecular flexibility index (Phi) is 3.78. The first-order valence-electron chi connectivity index (χ1n) is 7.88. The van der Waals surface area contributed by atoms with Gasteiger partial charge < -0.3 is 4.90 Å². The Labute approximate surface area is 145 Å². The van der Waals surface area contributed by atoms with Crippen LogP contribution in [0.3, 0.4) is 0 Å². The van der Waals surface area contributed by atoms with Crippen LogP contribution in [0.15, 0.2) is 59.6 Å². The standard InChI is InChI=1S/C17H17N5O2S/c18-25(23,24)16-7-5-15(6-8-16)22-12-14(19-20-22)11-21-10-9-13-3-1-2-4-17(13)21/h1-8,12H,9-11H2,(H2,18,23,24). The van der Waals surface area contributed by atoms with Crippen LogP contribution in [0.5, 0.6) is 0 Å². The molecule has 7 nitrogen and oxygen atoms in total. The summed E-state index contributed by atoms with van der Waals surface area (Å²) in [6.07, 6.45) is 2.90. The highest BCUT2D eigenvalue weighted by molar-refractivity contribution is 7.89. The van der Waals surface area contributed by atoms with Crippen molar-refractivity contribution in [3.63, 3.8) is 0 Å². The molecule has 0 atom stereocenters. The number of fused-ring (bicyclic) bond motifs is 1. The molecule has 0 spiro atoms. The Balaban J connectivity index is 1.53. The maximum Gasteiger partial charge on any atom is 0.238 e. The summed E-state index contributed by atoms with van der Waals surface area (Å²) in [5, 5.41) is 13.5. The maximum absolute atomic E-state index is 11.3. The van der Waals surface area contributed by atoms with Crippen LogP contribution in [0.4, 0.5) is 5.69 Å². The van der Waals surface area contributed by atoms with Crippen LogP contribution < -0.4 is 10.0 Å². The molecule has 4 rings (SSSR count). The molecule has 0 saturated heterocycles. The average molecular weight is 355 g/mol. The SMILES string of the molecule is NS(=O)(=O)c1ccc(-n2cc(CN3CCc4ccccc43)nn2)cc1. The molecule has 0 bridgehead atoms. The molecule has 0 amide bonds. The van der Waals surface area contributed by atoms with Crippen LogP contribution in [-0.4, -0.2) is 30.0 Å². The normalized spacial score (nSPS) is 13.9. The second-order valence-corrected chi connectivity index (χ2v) is 7.56. The number of aromatic nitrogens is 3. The summed E-state index contributed by atoms with van der Waals surface area (Å²) in [5.74, 6) is 0. The van der Waals surface area contributed by atoms with Crippen molar-refractivity contribution < 1.29 is 8.42 Å². The van der Waals surface area contributed by atoms with E-state index in [0.717, 1.165) is 24.3 Å². The van der Waals surface area contributed by atoms with Crippen molar-refractivity contribution in [3.8, 4) is 5.69 Å². The first kappa shape index (κ1) is 15.8. The zero-order valence-corrected chi connectivity index (χ0v) is 14.2. The van der Waals surface area contributed by atoms with Gasteiger partial charge in [-0.15, -0.1) is 5.10 Å². The van der Waals surface area contributed by atoms with E-state index in [0.29, 0.717) is 6.54 Å². The summed E-state index contributed by atoms with van der Waals surface area (Å²) in [6.45, 7) is 1.65. The molecule has 0 unspecified atom stereocenters. The molecule has 1 aromatic heterocycles. The van der Waals surface area contributed by atoms with Crippen molar-refractivity contribution in [1.29, 1.82) is 0 Å². The van der Waals surface area contributed by atoms with E-state index in [1.807, 2.05) is 12.3 Å². The van der Waals surface area contributed by atoms with Crippen molar-refractivity contribution >= 4 is 15.7 Å². The first-order chi connectivity index (χ1) is 12.0. The Hall–Kier alpha value is -2.71. The van der Waals surface area contributed by atoms with Gasteiger partial charge in [-0.05, 0) is 42.3 Å². The number of nitrogens with zero attached hydrogens (tertiary/aromatic N) is 4. The highest BCUT2D eigenvalue weighted by Crippen LogP contribution is 2.28. The minimum atomic E-state index is -3.69. The predicted octanol–water partition coefficient (Wildman–Crippen LogP) is 1.48. The summed E-state index contributed by atoms with van der Waals surface area (Å²) >= 11 is 0. The van der Waals surface area contributed by atoms with Gasteiger partial charge in [0.15, 0.2) is 0 Å². The molecule has 0 fully saturated rings. The number of sulfonamides is 1. The van der Waals surface area contributed by atoms with E-state index in [2.05, 4.69) is 33.4 Å². The minimum absolute atomic E-state index is 0.0743. The lowest BCUT2D eigenvalue weighted by atomic mass is 10.2. The third-order valence-electron chi connectivity index (χ3n) is 4.31. The van der Waals surface area contributed by atoms with Crippen LogP contribution in [0.25, 0.3) is 5.69 Å². The quantitative estimate of drug-likeness (QED) is 0.765. The molecule has 2 N–H and O–H groups in total. The Morgan fingerprint density at radius 2 is 1.84 bits per heavy atom. The zero-order valence-electron chi connectivity index (χ0n) is 13.4. The van der Waals surface area contributed by atoms with Crippen molar-refractivity contribution in [3.05, 3.63) is 66.0 Å². The van der Waals surface area contributed by atoms with E-state index >= 15 is 0 Å². The molecule has 0 aliphatic carbocycles. The van der Waals surface area contributed by atoms with E-state index < -0.39 is 10.0 Å². The largest absolute Gasteiger partial charge is 0.365 e. The summed E-state index contributed by atoms with van der Waals surface area (Å²) in [6, 6.07) is 14.6. The van der Waals surface area contributed by atoms with Crippen molar-refractivity contribution in [2.75, 3.05) is 11.4 Å². The molecule has 0 saturated carbocycles. The van der Waals surface area contributed by atoms with Gasteiger partial charge in [0.05, 0.1) is 23.3 Å². The third kappa shape index (κ3) is 3.13. The van der Waals surface area contributed by atoms with Gasteiger partial charge in [-0.1, -0.05) is 23.4 Å². The Bertz CT molecular complexity index is 1010. The van der Waals surface area contributed by atoms with E-state index in [4.69, 9.17) is 5.14 Å². The van der Waals surface area contributed by atoms with Crippen LogP contribution in [0.2, 0.25) is 0 Å². The summed E-state index contributed by atoms with van der Waals surface area (Å²) in [7, 11) is -3.69. The molecule has 25 heavy (non-hydrogen) atoms. The topological polar surface area (TPSA) is 94.1 Å². The van der Waals surface area contributed by atoms with E-state index in [9.17, 15) is 8.42 Å². The highest BCUT2D eigenvalue weighted by atomic mass is 32.2. The second kappa shape index (κ2) is 5.98. The fourth-order valence-corrected chi connectivity index (χ4v) is 3.57. The zero-order chi connectivity index (χ0) is 17.4. The maximum atomic E-state index is 11.3. The minimum Gasteiger partial charge on any atom is -0.365 e. The number of benzene rings is 2. The fourth-order valence-electron chi connectivity index (χ4n) is 3.05. The number of nitrogens with two attached hydrogens (primary N) is 1. The lowest BCUT2D eigenvalue weighted by Gasteiger charge is -2.17. The Morgan fingerprint density at radius 1 is 1.08 bits per heavy atom. The van der Waals surface area contributed by atoms with Gasteiger partial charge in [0.1, 0.15) is 5.69 Å². The van der Waals surface area contributed by atoms with Gasteiger partial charge in [-0.3, -0.25) is 0 Å². The Morgan fingerprint density at radius 3 is 2.60 bits per heavy atom. The first-order valence-corrected chi connectivity index (χ1v) is 9.43. The molecular formula is C17H17N5O2S. The van der Waals surface area contributed by atoms with E-state index in [1.54, 1.807) is 16.8 Å². The van der Waals surface area contributed by atoms with Gasteiger partial charge in [-0.2, -0.15) is 0 Å². The molecule has 2 aromatic carbocycles. The molecule has 3 aromatic rings. The van der Waals surface area contributed by atoms with Gasteiger partial charge in [0.25, 0.3) is 0 Å². The molecule has 2 heterocycles. The van der Waals surface area contributed by atoms with Crippen LogP contribution in [0, 0.1) is 0 Å². The monoisotopic (exact) mass is 355 g/mol. The number of hydrogen-bond donors (Lipinski definition) is 1. The molecule has 1 aliphatic rings. The number of para-hydroxylation sites is 1. The summed E-state index contributed by atoms with van der Waals surface area (Å²) < 4.78 is 24.3. The smallest absolute Gasteiger partial charge is 0.238 e. The summed E-state index contributed by atoms with van der Waals surface area (Å²) in [5.41, 5.74) is 4.18. The predicted molar refractivity (Wildman–Crippen MR) is 93.9 cm³/mol. The molecular weight excluding hydrogens is 338 g/mol. The van der Waals surface area contributed by atoms with Gasteiger partial charge in [0, 0.05) is 12.2 Å². The van der Waals surface area contributed by atoms with Crippen LogP contribution in [0.1, 0.15) is 11.3 Å². The third-order valence-corrected chi connectivity index (χ3v) is 5.24. The van der Waals surface area contributed by atoms with E-state index in [1.165, 1.54) is 23.4 Å². The number of anilines is 1. The number of primary sulfonamides is 1. The second-order valence-electron chi connectivity index (χ2n) is 5.99. The summed E-state index contributed by atoms with van der Waals surface area (Å²) in [4.78, 5) is 2.36. The molecule has 8 heteroatoms. The van der Waals surface area contributed by atoms with E-state index in [-0.39, 0.29) is 4.90 Å². The highest BCUT2D eigenvalue weighted by Gasteiger charge is 2.19. The number of rotatable bonds is 4. The fraction of sp³-hybridized carbons (Fsp3) is 0.176. The number of hydrogen-bond acceptors (Lipinski definition) is 5. The van der Waals surface area contributed by atoms with Crippen molar-refractivity contribution in [2.45, 2.75) is 17.9 Å². The lowest BCUT2D eigenvalue weighted by molar-refractivity contribution is 0.598. The average Bonchev–Trinajstić information content (AvgIpc) is 3.22. The lowest BCUT2D eigenvalue weighted by Crippen LogP contribution is -2.19. The van der Waals surface area contributed by atoms with Crippen LogP contribution >= 0.6 is 0 Å². The van der Waals surface area contributed by atoms with Gasteiger partial charge >= 0.3 is 0 Å². The molecule has 0 radical (unpaired) electrons. The van der Waals surface area contributed by atoms with Gasteiger partial charge in [-0.25, -0.2) is 18.2 Å². The molecule has 128 valence electrons. The van der Waals surface area contributed by atoms with Crippen LogP contribution in [-0.2, 0) is 23.0 Å².